The van der Waals surface area contributed by atoms with E-state index in [0.29, 0.717) is 5.41 Å². The number of H-pyrrole nitrogens is 1. The fraction of sp³-hybridized carbons (Fsp3) is 0.769. The van der Waals surface area contributed by atoms with Crippen LogP contribution in [0, 0.1) is 10.2 Å². The van der Waals surface area contributed by atoms with Gasteiger partial charge in [0.15, 0.2) is 4.77 Å². The summed E-state index contributed by atoms with van der Waals surface area (Å²) in [6, 6.07) is 0. The van der Waals surface area contributed by atoms with E-state index in [1.165, 1.54) is 37.8 Å². The first-order chi connectivity index (χ1) is 7.64. The SMILES string of the molecule is CCc1c[nH]c(=S)n1CC1(C)CCCCC1. The Morgan fingerprint density at radius 1 is 1.38 bits per heavy atom. The zero-order valence-electron chi connectivity index (χ0n) is 10.4. The van der Waals surface area contributed by atoms with Gasteiger partial charge in [-0.15, -0.1) is 0 Å². The topological polar surface area (TPSA) is 20.7 Å². The van der Waals surface area contributed by atoms with E-state index in [0.717, 1.165) is 17.7 Å². The molecule has 3 heteroatoms. The van der Waals surface area contributed by atoms with Crippen LogP contribution >= 0.6 is 12.2 Å². The Morgan fingerprint density at radius 3 is 2.69 bits per heavy atom. The molecule has 1 aromatic rings. The van der Waals surface area contributed by atoms with Crippen molar-refractivity contribution in [1.29, 1.82) is 0 Å². The first kappa shape index (κ1) is 11.9. The summed E-state index contributed by atoms with van der Waals surface area (Å²) in [5, 5.41) is 0. The molecule has 1 aromatic heterocycles. The quantitative estimate of drug-likeness (QED) is 0.787. The minimum Gasteiger partial charge on any atom is -0.337 e. The largest absolute Gasteiger partial charge is 0.337 e. The molecule has 0 atom stereocenters. The first-order valence-corrected chi connectivity index (χ1v) is 6.82. The van der Waals surface area contributed by atoms with E-state index in [4.69, 9.17) is 12.2 Å². The van der Waals surface area contributed by atoms with Crippen molar-refractivity contribution in [3.05, 3.63) is 16.7 Å². The molecule has 90 valence electrons. The van der Waals surface area contributed by atoms with Crippen molar-refractivity contribution in [1.82, 2.24) is 9.55 Å². The summed E-state index contributed by atoms with van der Waals surface area (Å²) in [6.07, 6.45) is 10.0. The van der Waals surface area contributed by atoms with Gasteiger partial charge in [0, 0.05) is 18.4 Å². The third-order valence-corrected chi connectivity index (χ3v) is 4.26. The molecular formula is C13H22N2S. The maximum atomic E-state index is 5.36. The molecule has 0 saturated heterocycles. The van der Waals surface area contributed by atoms with E-state index in [2.05, 4.69) is 29.6 Å². The lowest BCUT2D eigenvalue weighted by Crippen LogP contribution is -2.27. The molecule has 0 radical (unpaired) electrons. The highest BCUT2D eigenvalue weighted by Gasteiger charge is 2.27. The number of aromatic amines is 1. The number of nitrogens with one attached hydrogen (secondary N) is 1. The first-order valence-electron chi connectivity index (χ1n) is 6.42. The molecule has 0 aliphatic heterocycles. The number of aryl methyl sites for hydroxylation is 1. The van der Waals surface area contributed by atoms with E-state index < -0.39 is 0 Å². The van der Waals surface area contributed by atoms with Gasteiger partial charge in [-0.3, -0.25) is 0 Å². The summed E-state index contributed by atoms with van der Waals surface area (Å²) in [4.78, 5) is 3.17. The van der Waals surface area contributed by atoms with Crippen LogP contribution in [0.25, 0.3) is 0 Å². The van der Waals surface area contributed by atoms with E-state index in [1.54, 1.807) is 0 Å². The normalized spacial score (nSPS) is 19.9. The summed E-state index contributed by atoms with van der Waals surface area (Å²) in [7, 11) is 0. The van der Waals surface area contributed by atoms with Crippen LogP contribution in [0.3, 0.4) is 0 Å². The number of imidazole rings is 1. The smallest absolute Gasteiger partial charge is 0.177 e. The molecule has 1 N–H and O–H groups in total. The summed E-state index contributed by atoms with van der Waals surface area (Å²) in [5.41, 5.74) is 1.81. The van der Waals surface area contributed by atoms with Gasteiger partial charge in [0.2, 0.25) is 0 Å². The highest BCUT2D eigenvalue weighted by Crippen LogP contribution is 2.37. The van der Waals surface area contributed by atoms with Crippen molar-refractivity contribution < 1.29 is 0 Å². The minimum absolute atomic E-state index is 0.461. The van der Waals surface area contributed by atoms with Gasteiger partial charge in [0.25, 0.3) is 0 Å². The van der Waals surface area contributed by atoms with Crippen LogP contribution in [0.4, 0.5) is 0 Å². The molecule has 1 saturated carbocycles. The maximum Gasteiger partial charge on any atom is 0.177 e. The summed E-state index contributed by atoms with van der Waals surface area (Å²) in [5.74, 6) is 0. The molecule has 0 bridgehead atoms. The van der Waals surface area contributed by atoms with E-state index >= 15 is 0 Å². The van der Waals surface area contributed by atoms with E-state index in [-0.39, 0.29) is 0 Å². The maximum absolute atomic E-state index is 5.36. The molecule has 0 spiro atoms. The van der Waals surface area contributed by atoms with Crippen LogP contribution in [-0.4, -0.2) is 9.55 Å². The minimum atomic E-state index is 0.461. The van der Waals surface area contributed by atoms with Crippen LogP contribution in [0.5, 0.6) is 0 Å². The molecule has 16 heavy (non-hydrogen) atoms. The molecule has 0 amide bonds. The molecule has 2 nitrogen and oxygen atoms in total. The summed E-state index contributed by atoms with van der Waals surface area (Å²) in [6.45, 7) is 5.70. The van der Waals surface area contributed by atoms with Crippen molar-refractivity contribution in [2.24, 2.45) is 5.41 Å². The van der Waals surface area contributed by atoms with Crippen molar-refractivity contribution in [3.8, 4) is 0 Å². The molecule has 1 aliphatic rings. The molecule has 2 rings (SSSR count). The van der Waals surface area contributed by atoms with E-state index in [9.17, 15) is 0 Å². The van der Waals surface area contributed by atoms with Gasteiger partial charge in [0.1, 0.15) is 0 Å². The lowest BCUT2D eigenvalue weighted by molar-refractivity contribution is 0.180. The lowest BCUT2D eigenvalue weighted by atomic mass is 9.75. The molecule has 1 fully saturated rings. The predicted octanol–water partition coefficient (Wildman–Crippen LogP) is 4.08. The van der Waals surface area contributed by atoms with Crippen LogP contribution in [0.2, 0.25) is 0 Å². The van der Waals surface area contributed by atoms with Crippen LogP contribution < -0.4 is 0 Å². The third-order valence-electron chi connectivity index (χ3n) is 3.92. The molecule has 1 heterocycles. The summed E-state index contributed by atoms with van der Waals surface area (Å²) < 4.78 is 3.20. The zero-order chi connectivity index (χ0) is 11.6. The Morgan fingerprint density at radius 2 is 2.06 bits per heavy atom. The Hall–Kier alpha value is -0.570. The van der Waals surface area contributed by atoms with Crippen molar-refractivity contribution in [2.45, 2.75) is 58.9 Å². The second-order valence-electron chi connectivity index (χ2n) is 5.40. The fourth-order valence-electron chi connectivity index (χ4n) is 2.84. The van der Waals surface area contributed by atoms with Gasteiger partial charge in [-0.05, 0) is 36.9 Å². The van der Waals surface area contributed by atoms with Crippen LogP contribution in [-0.2, 0) is 13.0 Å². The number of nitrogens with zero attached hydrogens (tertiary/aromatic N) is 1. The average molecular weight is 238 g/mol. The average Bonchev–Trinajstić information content (AvgIpc) is 2.61. The Bertz CT molecular complexity index is 396. The zero-order valence-corrected chi connectivity index (χ0v) is 11.2. The van der Waals surface area contributed by atoms with Gasteiger partial charge >= 0.3 is 0 Å². The number of hydrogen-bond acceptors (Lipinski definition) is 1. The molecular weight excluding hydrogens is 216 g/mol. The monoisotopic (exact) mass is 238 g/mol. The number of rotatable bonds is 3. The van der Waals surface area contributed by atoms with Crippen molar-refractivity contribution >= 4 is 12.2 Å². The summed E-state index contributed by atoms with van der Waals surface area (Å²) >= 11 is 5.36. The van der Waals surface area contributed by atoms with Gasteiger partial charge in [-0.25, -0.2) is 0 Å². The highest BCUT2D eigenvalue weighted by molar-refractivity contribution is 7.71. The van der Waals surface area contributed by atoms with Crippen LogP contribution in [0.1, 0.15) is 51.6 Å². The Labute approximate surface area is 103 Å². The van der Waals surface area contributed by atoms with Crippen molar-refractivity contribution in [3.63, 3.8) is 0 Å². The number of aromatic nitrogens is 2. The van der Waals surface area contributed by atoms with Gasteiger partial charge in [0.05, 0.1) is 0 Å². The standard InChI is InChI=1S/C13H22N2S/c1-3-11-9-14-12(16)15(11)10-13(2)7-5-4-6-8-13/h9H,3-8,10H2,1-2H3,(H,14,16). The van der Waals surface area contributed by atoms with Crippen molar-refractivity contribution in [2.75, 3.05) is 0 Å². The number of hydrogen-bond donors (Lipinski definition) is 1. The highest BCUT2D eigenvalue weighted by atomic mass is 32.1. The second kappa shape index (κ2) is 4.74. The Kier molecular flexibility index (Phi) is 3.53. The fourth-order valence-corrected chi connectivity index (χ4v) is 3.08. The molecule has 1 aliphatic carbocycles. The van der Waals surface area contributed by atoms with Gasteiger partial charge in [-0.2, -0.15) is 0 Å². The lowest BCUT2D eigenvalue weighted by Gasteiger charge is -2.34. The second-order valence-corrected chi connectivity index (χ2v) is 5.78. The Balaban J connectivity index is 2.18. The predicted molar refractivity (Wildman–Crippen MR) is 70.2 cm³/mol. The third kappa shape index (κ3) is 2.40. The van der Waals surface area contributed by atoms with E-state index in [1.807, 2.05) is 0 Å². The van der Waals surface area contributed by atoms with Crippen LogP contribution in [0.15, 0.2) is 6.20 Å². The molecule has 0 aromatic carbocycles. The van der Waals surface area contributed by atoms with Gasteiger partial charge in [-0.1, -0.05) is 33.1 Å². The molecule has 0 unspecified atom stereocenters. The van der Waals surface area contributed by atoms with Gasteiger partial charge < -0.3 is 9.55 Å².